The van der Waals surface area contributed by atoms with Crippen LogP contribution in [-0.4, -0.2) is 42.4 Å². The van der Waals surface area contributed by atoms with Gasteiger partial charge >= 0.3 is 5.97 Å². The quantitative estimate of drug-likeness (QED) is 0.672. The van der Waals surface area contributed by atoms with Crippen LogP contribution in [0.2, 0.25) is 0 Å². The zero-order valence-electron chi connectivity index (χ0n) is 16.3. The normalized spacial score (nSPS) is 13.4. The molecule has 0 spiro atoms. The van der Waals surface area contributed by atoms with Crippen LogP contribution in [-0.2, 0) is 20.9 Å². The molecule has 2 aromatic carbocycles. The molecule has 29 heavy (non-hydrogen) atoms. The summed E-state index contributed by atoms with van der Waals surface area (Å²) in [6.07, 6.45) is 1.47. The first-order valence-corrected chi connectivity index (χ1v) is 9.57. The first-order valence-electron chi connectivity index (χ1n) is 9.57. The van der Waals surface area contributed by atoms with Crippen molar-refractivity contribution in [2.45, 2.75) is 26.3 Å². The number of likely N-dealkylation sites (N-methyl/N-ethyl adjacent to an activating group) is 1. The van der Waals surface area contributed by atoms with Crippen molar-refractivity contribution in [2.24, 2.45) is 0 Å². The Morgan fingerprint density at radius 3 is 2.38 bits per heavy atom. The lowest BCUT2D eigenvalue weighted by molar-refractivity contribution is -0.128. The molecule has 0 N–H and O–H groups in total. The van der Waals surface area contributed by atoms with Crippen LogP contribution in [0.4, 0.5) is 10.1 Å². The minimum Gasteiger partial charge on any atom is -0.452 e. The Balaban J connectivity index is 1.54. The van der Waals surface area contributed by atoms with Crippen molar-refractivity contribution < 1.29 is 23.5 Å². The zero-order chi connectivity index (χ0) is 20.8. The van der Waals surface area contributed by atoms with E-state index in [1.54, 1.807) is 36.1 Å². The highest BCUT2D eigenvalue weighted by Crippen LogP contribution is 2.16. The third kappa shape index (κ3) is 5.19. The summed E-state index contributed by atoms with van der Waals surface area (Å²) in [4.78, 5) is 39.5. The fourth-order valence-electron chi connectivity index (χ4n) is 3.25. The summed E-state index contributed by atoms with van der Waals surface area (Å²) in [6, 6.07) is 12.4. The Labute approximate surface area is 168 Å². The highest BCUT2D eigenvalue weighted by atomic mass is 19.1. The number of anilines is 1. The molecule has 0 unspecified atom stereocenters. The van der Waals surface area contributed by atoms with Gasteiger partial charge in [-0.1, -0.05) is 12.1 Å². The Kier molecular flexibility index (Phi) is 6.59. The van der Waals surface area contributed by atoms with Gasteiger partial charge in [-0.25, -0.2) is 9.18 Å². The summed E-state index contributed by atoms with van der Waals surface area (Å²) in [7, 11) is 0. The molecule has 1 saturated heterocycles. The van der Waals surface area contributed by atoms with Crippen molar-refractivity contribution in [2.75, 3.05) is 24.6 Å². The smallest absolute Gasteiger partial charge is 0.338 e. The Hall–Kier alpha value is -3.22. The lowest BCUT2D eigenvalue weighted by atomic mass is 10.1. The maximum Gasteiger partial charge on any atom is 0.338 e. The van der Waals surface area contributed by atoms with Crippen LogP contribution in [0.3, 0.4) is 0 Å². The Morgan fingerprint density at radius 2 is 1.79 bits per heavy atom. The van der Waals surface area contributed by atoms with Crippen molar-refractivity contribution in [3.05, 3.63) is 65.5 Å². The van der Waals surface area contributed by atoms with E-state index in [4.69, 9.17) is 4.74 Å². The van der Waals surface area contributed by atoms with Gasteiger partial charge in [0.2, 0.25) is 5.91 Å². The molecule has 7 heteroatoms. The molecule has 0 aromatic heterocycles. The molecular formula is C22H23FN2O4. The predicted octanol–water partition coefficient (Wildman–Crippen LogP) is 3.16. The van der Waals surface area contributed by atoms with Crippen LogP contribution < -0.4 is 4.90 Å². The van der Waals surface area contributed by atoms with Gasteiger partial charge in [0.05, 0.1) is 5.56 Å². The molecule has 6 nitrogen and oxygen atoms in total. The third-order valence-electron chi connectivity index (χ3n) is 4.82. The Bertz CT molecular complexity index is 881. The maximum atomic E-state index is 13.1. The maximum absolute atomic E-state index is 13.1. The largest absolute Gasteiger partial charge is 0.452 e. The standard InChI is InChI=1S/C22H23FN2O4/c1-2-25(19-11-9-18(23)10-12-19)21(27)15-29-22(28)17-7-5-16(6-8-17)14-24-13-3-4-20(24)26/h5-12H,2-4,13-15H2,1H3. The van der Waals surface area contributed by atoms with E-state index in [1.165, 1.54) is 29.2 Å². The monoisotopic (exact) mass is 398 g/mol. The lowest BCUT2D eigenvalue weighted by Crippen LogP contribution is -2.34. The second-order valence-electron chi connectivity index (χ2n) is 6.81. The number of esters is 1. The van der Waals surface area contributed by atoms with Gasteiger partial charge in [0.1, 0.15) is 5.82 Å². The first kappa shape index (κ1) is 20.5. The van der Waals surface area contributed by atoms with Gasteiger partial charge in [-0.2, -0.15) is 0 Å². The molecule has 2 aromatic rings. The number of hydrogen-bond donors (Lipinski definition) is 0. The number of nitrogens with zero attached hydrogens (tertiary/aromatic N) is 2. The van der Waals surface area contributed by atoms with Crippen LogP contribution in [0.1, 0.15) is 35.7 Å². The number of carbonyl (C=O) groups excluding carboxylic acids is 3. The molecule has 152 valence electrons. The fourth-order valence-corrected chi connectivity index (χ4v) is 3.25. The zero-order valence-corrected chi connectivity index (χ0v) is 16.3. The molecule has 3 rings (SSSR count). The van der Waals surface area contributed by atoms with Crippen molar-refractivity contribution in [3.8, 4) is 0 Å². The minimum absolute atomic E-state index is 0.147. The summed E-state index contributed by atoms with van der Waals surface area (Å²) in [5.41, 5.74) is 1.80. The minimum atomic E-state index is -0.600. The van der Waals surface area contributed by atoms with Crippen LogP contribution in [0.5, 0.6) is 0 Å². The van der Waals surface area contributed by atoms with Crippen LogP contribution >= 0.6 is 0 Å². The lowest BCUT2D eigenvalue weighted by Gasteiger charge is -2.20. The number of likely N-dealkylation sites (tertiary alicyclic amines) is 1. The van der Waals surface area contributed by atoms with E-state index in [0.29, 0.717) is 30.8 Å². The molecule has 0 atom stereocenters. The number of carbonyl (C=O) groups is 3. The molecule has 1 aliphatic rings. The number of amides is 2. The number of benzene rings is 2. The van der Waals surface area contributed by atoms with Gasteiger partial charge < -0.3 is 14.5 Å². The molecule has 2 amide bonds. The van der Waals surface area contributed by atoms with Crippen LogP contribution in [0.15, 0.2) is 48.5 Å². The van der Waals surface area contributed by atoms with Gasteiger partial charge in [0.25, 0.3) is 5.91 Å². The summed E-state index contributed by atoms with van der Waals surface area (Å²) in [6.45, 7) is 3.02. The molecule has 0 aliphatic carbocycles. The molecular weight excluding hydrogens is 375 g/mol. The Morgan fingerprint density at radius 1 is 1.10 bits per heavy atom. The average molecular weight is 398 g/mol. The van der Waals surface area contributed by atoms with E-state index in [-0.39, 0.29) is 11.7 Å². The average Bonchev–Trinajstić information content (AvgIpc) is 3.13. The van der Waals surface area contributed by atoms with E-state index in [2.05, 4.69) is 0 Å². The van der Waals surface area contributed by atoms with Gasteiger partial charge in [-0.3, -0.25) is 9.59 Å². The highest BCUT2D eigenvalue weighted by molar-refractivity contribution is 5.97. The van der Waals surface area contributed by atoms with E-state index in [0.717, 1.165) is 18.5 Å². The predicted molar refractivity (Wildman–Crippen MR) is 106 cm³/mol. The van der Waals surface area contributed by atoms with Gasteiger partial charge in [-0.15, -0.1) is 0 Å². The number of hydrogen-bond acceptors (Lipinski definition) is 4. The summed E-state index contributed by atoms with van der Waals surface area (Å²) in [5, 5.41) is 0. The summed E-state index contributed by atoms with van der Waals surface area (Å²) in [5.74, 6) is -1.23. The molecule has 1 aliphatic heterocycles. The number of halogens is 1. The topological polar surface area (TPSA) is 66.9 Å². The fraction of sp³-hybridized carbons (Fsp3) is 0.318. The first-order chi connectivity index (χ1) is 14.0. The number of rotatable bonds is 7. The van der Waals surface area contributed by atoms with Crippen LogP contribution in [0.25, 0.3) is 0 Å². The van der Waals surface area contributed by atoms with Crippen molar-refractivity contribution >= 4 is 23.5 Å². The molecule has 0 bridgehead atoms. The molecule has 1 heterocycles. The van der Waals surface area contributed by atoms with Gasteiger partial charge in [-0.05, 0) is 55.3 Å². The van der Waals surface area contributed by atoms with E-state index < -0.39 is 18.5 Å². The summed E-state index contributed by atoms with van der Waals surface area (Å²) >= 11 is 0. The van der Waals surface area contributed by atoms with Crippen molar-refractivity contribution in [3.63, 3.8) is 0 Å². The SMILES string of the molecule is CCN(C(=O)COC(=O)c1ccc(CN2CCCC2=O)cc1)c1ccc(F)cc1. The van der Waals surface area contributed by atoms with E-state index >= 15 is 0 Å². The number of ether oxygens (including phenoxy) is 1. The van der Waals surface area contributed by atoms with E-state index in [1.807, 2.05) is 0 Å². The second kappa shape index (κ2) is 9.32. The van der Waals surface area contributed by atoms with Gasteiger partial charge in [0, 0.05) is 31.7 Å². The third-order valence-corrected chi connectivity index (χ3v) is 4.82. The van der Waals surface area contributed by atoms with Crippen molar-refractivity contribution in [1.29, 1.82) is 0 Å². The van der Waals surface area contributed by atoms with Crippen molar-refractivity contribution in [1.82, 2.24) is 4.90 Å². The van der Waals surface area contributed by atoms with Gasteiger partial charge in [0.15, 0.2) is 6.61 Å². The second-order valence-corrected chi connectivity index (χ2v) is 6.81. The highest BCUT2D eigenvalue weighted by Gasteiger charge is 2.20. The molecule has 0 radical (unpaired) electrons. The van der Waals surface area contributed by atoms with E-state index in [9.17, 15) is 18.8 Å². The molecule has 0 saturated carbocycles. The summed E-state index contributed by atoms with van der Waals surface area (Å²) < 4.78 is 18.2. The van der Waals surface area contributed by atoms with Crippen LogP contribution in [0, 0.1) is 5.82 Å². The molecule has 1 fully saturated rings.